The molecule has 2 aliphatic rings. The average Bonchev–Trinajstić information content (AvgIpc) is 3.02. The maximum atomic E-state index is 3.13. The highest BCUT2D eigenvalue weighted by atomic mass is 32.2. The van der Waals surface area contributed by atoms with Crippen LogP contribution < -0.4 is 9.06 Å². The number of thioether (sulfide) groups is 1. The summed E-state index contributed by atoms with van der Waals surface area (Å²) in [5, 5.41) is 3.13. The Hall–Kier alpha value is -0.730. The fraction of sp³-hybridized carbons (Fsp3) is 0.0833. The van der Waals surface area contributed by atoms with E-state index in [2.05, 4.69) is 35.5 Å². The van der Waals surface area contributed by atoms with Crippen LogP contribution in [0.2, 0.25) is 0 Å². The largest absolute Gasteiger partial charge is 0.134 e. The van der Waals surface area contributed by atoms with Crippen molar-refractivity contribution in [2.45, 2.75) is 0 Å². The molecule has 0 saturated carbocycles. The molecule has 0 fully saturated rings. The monoisotopic (exact) mass is 248 g/mol. The Kier molecular flexibility index (Phi) is 2.55. The molecule has 3 heterocycles. The number of hydrogen-bond donors (Lipinski definition) is 0. The Morgan fingerprint density at radius 2 is 1.93 bits per heavy atom. The van der Waals surface area contributed by atoms with E-state index in [1.807, 2.05) is 29.2 Å². The first-order valence-electron chi connectivity index (χ1n) is 4.66. The van der Waals surface area contributed by atoms with Gasteiger partial charge in [0.25, 0.3) is 0 Å². The van der Waals surface area contributed by atoms with Crippen LogP contribution in [0.5, 0.6) is 0 Å². The molecule has 1 aromatic rings. The molecule has 0 N–H and O–H groups in total. The highest BCUT2D eigenvalue weighted by molar-refractivity contribution is 8.08. The fourth-order valence-electron chi connectivity index (χ4n) is 1.47. The van der Waals surface area contributed by atoms with Crippen LogP contribution >= 0.6 is 34.3 Å². The van der Waals surface area contributed by atoms with Crippen LogP contribution in [0, 0.1) is 5.18 Å². The van der Waals surface area contributed by atoms with E-state index in [0.29, 0.717) is 0 Å². The topological polar surface area (TPSA) is 0 Å². The van der Waals surface area contributed by atoms with Crippen molar-refractivity contribution in [2.75, 3.05) is 5.75 Å². The molecule has 74 valence electrons. The van der Waals surface area contributed by atoms with E-state index < -0.39 is 0 Å². The van der Waals surface area contributed by atoms with Gasteiger partial charge in [0.2, 0.25) is 0 Å². The first-order chi connectivity index (χ1) is 7.43. The van der Waals surface area contributed by atoms with Gasteiger partial charge < -0.3 is 0 Å². The van der Waals surface area contributed by atoms with Gasteiger partial charge in [-0.3, -0.25) is 0 Å². The molecule has 2 aliphatic heterocycles. The van der Waals surface area contributed by atoms with Crippen molar-refractivity contribution in [3.05, 3.63) is 45.5 Å². The van der Waals surface area contributed by atoms with Crippen molar-refractivity contribution in [1.29, 1.82) is 0 Å². The lowest BCUT2D eigenvalue weighted by molar-refractivity contribution is 1.82. The number of thiophene rings is 1. The van der Waals surface area contributed by atoms with Crippen LogP contribution in [0.25, 0.3) is 9.81 Å². The minimum Gasteiger partial charge on any atom is -0.134 e. The molecule has 1 aromatic heterocycles. The van der Waals surface area contributed by atoms with Gasteiger partial charge in [-0.05, 0) is 24.3 Å². The van der Waals surface area contributed by atoms with E-state index in [0.717, 1.165) is 5.75 Å². The molecule has 0 unspecified atom stereocenters. The normalized spacial score (nSPS) is 25.1. The van der Waals surface area contributed by atoms with E-state index in [1.165, 1.54) is 18.9 Å². The third kappa shape index (κ3) is 1.84. The highest BCUT2D eigenvalue weighted by Gasteiger charge is 2.02. The van der Waals surface area contributed by atoms with E-state index in [1.54, 1.807) is 11.2 Å². The summed E-state index contributed by atoms with van der Waals surface area (Å²) >= 11 is 5.47. The predicted molar refractivity (Wildman–Crippen MR) is 72.6 cm³/mol. The lowest BCUT2D eigenvalue weighted by Gasteiger charge is -1.86. The van der Waals surface area contributed by atoms with Gasteiger partial charge in [-0.25, -0.2) is 0 Å². The molecule has 0 bridgehead atoms. The molecule has 3 rings (SSSR count). The summed E-state index contributed by atoms with van der Waals surface area (Å²) in [6.45, 7) is 0. The zero-order valence-corrected chi connectivity index (χ0v) is 10.3. The summed E-state index contributed by atoms with van der Waals surface area (Å²) in [7, 11) is 0. The average molecular weight is 248 g/mol. The molecule has 3 heteroatoms. The fourth-order valence-corrected chi connectivity index (χ4v) is 4.21. The summed E-state index contributed by atoms with van der Waals surface area (Å²) < 4.78 is 2.74. The van der Waals surface area contributed by atoms with Gasteiger partial charge in [-0.1, -0.05) is 28.5 Å². The van der Waals surface area contributed by atoms with E-state index in [-0.39, 0.29) is 0 Å². The Morgan fingerprint density at radius 3 is 2.60 bits per heavy atom. The number of allylic oxidation sites excluding steroid dienone is 1. The summed E-state index contributed by atoms with van der Waals surface area (Å²) in [6.07, 6.45) is 8.55. The van der Waals surface area contributed by atoms with E-state index in [4.69, 9.17) is 0 Å². The van der Waals surface area contributed by atoms with Crippen LogP contribution in [0.4, 0.5) is 0 Å². The van der Waals surface area contributed by atoms with Crippen LogP contribution in [0.1, 0.15) is 0 Å². The molecule has 0 atom stereocenters. The standard InChI is InChI=1S/C12H8S3/c1-3-9(13-7-1)11-5-6-12(15-11)10-4-2-8-14-10/h1-6H,7H2/b11-9+,12-10-. The quantitative estimate of drug-likeness (QED) is 0.680. The van der Waals surface area contributed by atoms with Gasteiger partial charge in [-0.2, -0.15) is 0 Å². The van der Waals surface area contributed by atoms with Gasteiger partial charge in [0.15, 0.2) is 0 Å². The van der Waals surface area contributed by atoms with Gasteiger partial charge in [0, 0.05) is 19.7 Å². The first-order valence-corrected chi connectivity index (χ1v) is 7.28. The van der Waals surface area contributed by atoms with Crippen LogP contribution in [-0.4, -0.2) is 5.75 Å². The summed E-state index contributed by atoms with van der Waals surface area (Å²) in [5.74, 6) is 1.12. The van der Waals surface area contributed by atoms with Crippen LogP contribution in [0.15, 0.2) is 36.4 Å². The Morgan fingerprint density at radius 1 is 1.07 bits per heavy atom. The highest BCUT2D eigenvalue weighted by Crippen LogP contribution is 2.23. The molecular formula is C12H8S3. The third-order valence-corrected chi connectivity index (χ3v) is 5.43. The lowest BCUT2D eigenvalue weighted by atomic mass is 10.4. The zero-order chi connectivity index (χ0) is 10.1. The minimum atomic E-state index is 1.12. The van der Waals surface area contributed by atoms with Crippen LogP contribution in [-0.2, 0) is 0 Å². The maximum absolute atomic E-state index is 3.13. The lowest BCUT2D eigenvalue weighted by Crippen LogP contribution is -1.95. The van der Waals surface area contributed by atoms with E-state index >= 15 is 0 Å². The second-order valence-corrected chi connectivity index (χ2v) is 6.18. The van der Waals surface area contributed by atoms with Crippen molar-refractivity contribution < 1.29 is 0 Å². The van der Waals surface area contributed by atoms with E-state index in [9.17, 15) is 0 Å². The van der Waals surface area contributed by atoms with Gasteiger partial charge in [-0.15, -0.1) is 23.1 Å². The first kappa shape index (κ1) is 9.49. The second kappa shape index (κ2) is 4.03. The molecule has 0 spiro atoms. The zero-order valence-electron chi connectivity index (χ0n) is 7.90. The predicted octanol–water partition coefficient (Wildman–Crippen LogP) is 2.53. The summed E-state index contributed by atoms with van der Waals surface area (Å²) in [6, 6.07) is 4.43. The molecule has 0 aromatic carbocycles. The number of rotatable bonds is 0. The Balaban J connectivity index is 2.21. The second-order valence-electron chi connectivity index (χ2n) is 3.16. The van der Waals surface area contributed by atoms with Gasteiger partial charge in [0.05, 0.1) is 4.91 Å². The van der Waals surface area contributed by atoms with Crippen LogP contribution in [0.3, 0.4) is 0 Å². The van der Waals surface area contributed by atoms with Crippen molar-refractivity contribution >= 4 is 44.1 Å². The van der Waals surface area contributed by atoms with Gasteiger partial charge in [0.1, 0.15) is 0 Å². The molecule has 0 saturated heterocycles. The molecule has 0 amide bonds. The molecule has 0 nitrogen and oxygen atoms in total. The minimum absolute atomic E-state index is 1.12. The van der Waals surface area contributed by atoms with Crippen molar-refractivity contribution in [2.24, 2.45) is 0 Å². The van der Waals surface area contributed by atoms with Gasteiger partial charge >= 0.3 is 0 Å². The van der Waals surface area contributed by atoms with Crippen molar-refractivity contribution in [3.8, 4) is 5.18 Å². The Bertz CT molecular complexity index is 632. The Labute approximate surface area is 100 Å². The molecule has 0 aliphatic carbocycles. The van der Waals surface area contributed by atoms with Crippen molar-refractivity contribution in [1.82, 2.24) is 0 Å². The maximum Gasteiger partial charge on any atom is 0.0533 e. The molecule has 15 heavy (non-hydrogen) atoms. The van der Waals surface area contributed by atoms with Crippen molar-refractivity contribution in [3.63, 3.8) is 0 Å². The molecular weight excluding hydrogens is 240 g/mol. The summed E-state index contributed by atoms with van der Waals surface area (Å²) in [4.78, 5) is 2.73. The third-order valence-electron chi connectivity index (χ3n) is 2.17. The number of hydrogen-bond acceptors (Lipinski definition) is 2. The summed E-state index contributed by atoms with van der Waals surface area (Å²) in [5.41, 5.74) is 0. The molecule has 0 radical (unpaired) electrons. The SMILES string of the molecule is C1#S/C(=c2/cc/c(=C3/C=CCS3)s2)C=C1. The smallest absolute Gasteiger partial charge is 0.0533 e.